The molecule has 1 saturated heterocycles. The van der Waals surface area contributed by atoms with Crippen molar-refractivity contribution < 1.29 is 4.79 Å². The predicted octanol–water partition coefficient (Wildman–Crippen LogP) is 2.20. The van der Waals surface area contributed by atoms with Crippen molar-refractivity contribution in [2.24, 2.45) is 0 Å². The highest BCUT2D eigenvalue weighted by molar-refractivity contribution is 6.04. The van der Waals surface area contributed by atoms with E-state index in [2.05, 4.69) is 30.5 Å². The highest BCUT2D eigenvalue weighted by Gasteiger charge is 2.17. The monoisotopic (exact) mass is 360 g/mol. The second kappa shape index (κ2) is 7.92. The lowest BCUT2D eigenvalue weighted by molar-refractivity contribution is 0.102. The van der Waals surface area contributed by atoms with Gasteiger partial charge in [-0.1, -0.05) is 6.07 Å². The molecular formula is C20H20N6O. The number of piperazine rings is 1. The van der Waals surface area contributed by atoms with Crippen molar-refractivity contribution in [3.05, 3.63) is 66.9 Å². The Labute approximate surface area is 157 Å². The SMILES string of the molecule is O=C(Nc1cnccc1N1CCNCC1)c1cccc(-c2cccnc2)n1. The summed E-state index contributed by atoms with van der Waals surface area (Å²) in [4.78, 5) is 27.8. The van der Waals surface area contributed by atoms with Crippen LogP contribution in [0, 0.1) is 0 Å². The van der Waals surface area contributed by atoms with E-state index in [0.717, 1.165) is 37.4 Å². The number of carbonyl (C=O) groups is 1. The molecule has 136 valence electrons. The van der Waals surface area contributed by atoms with Gasteiger partial charge in [0.1, 0.15) is 5.69 Å². The molecule has 1 fully saturated rings. The van der Waals surface area contributed by atoms with Gasteiger partial charge in [0.25, 0.3) is 5.91 Å². The molecule has 0 radical (unpaired) electrons. The van der Waals surface area contributed by atoms with Crippen LogP contribution in [-0.2, 0) is 0 Å². The van der Waals surface area contributed by atoms with E-state index < -0.39 is 0 Å². The third-order valence-corrected chi connectivity index (χ3v) is 4.44. The van der Waals surface area contributed by atoms with E-state index in [1.165, 1.54) is 0 Å². The Morgan fingerprint density at radius 3 is 2.67 bits per heavy atom. The Bertz CT molecular complexity index is 925. The summed E-state index contributed by atoms with van der Waals surface area (Å²) in [6.45, 7) is 3.62. The van der Waals surface area contributed by atoms with Crippen molar-refractivity contribution in [2.45, 2.75) is 0 Å². The second-order valence-corrected chi connectivity index (χ2v) is 6.23. The first-order valence-corrected chi connectivity index (χ1v) is 8.90. The smallest absolute Gasteiger partial charge is 0.274 e. The summed E-state index contributed by atoms with van der Waals surface area (Å²) in [5, 5.41) is 6.29. The number of hydrogen-bond donors (Lipinski definition) is 2. The Hall–Kier alpha value is -3.32. The maximum Gasteiger partial charge on any atom is 0.274 e. The van der Waals surface area contributed by atoms with Crippen LogP contribution in [0.1, 0.15) is 10.5 Å². The predicted molar refractivity (Wildman–Crippen MR) is 105 cm³/mol. The third kappa shape index (κ3) is 3.93. The van der Waals surface area contributed by atoms with Crippen LogP contribution in [0.15, 0.2) is 61.2 Å². The lowest BCUT2D eigenvalue weighted by atomic mass is 10.2. The first-order chi connectivity index (χ1) is 13.3. The molecule has 2 N–H and O–H groups in total. The summed E-state index contributed by atoms with van der Waals surface area (Å²) >= 11 is 0. The van der Waals surface area contributed by atoms with Gasteiger partial charge in [0.15, 0.2) is 0 Å². The fourth-order valence-corrected chi connectivity index (χ4v) is 3.09. The molecule has 1 amide bonds. The quantitative estimate of drug-likeness (QED) is 0.742. The number of anilines is 2. The molecule has 1 aliphatic heterocycles. The zero-order valence-electron chi connectivity index (χ0n) is 14.8. The maximum atomic E-state index is 12.8. The average molecular weight is 360 g/mol. The van der Waals surface area contributed by atoms with Crippen LogP contribution >= 0.6 is 0 Å². The van der Waals surface area contributed by atoms with E-state index in [9.17, 15) is 4.79 Å². The summed E-state index contributed by atoms with van der Waals surface area (Å²) < 4.78 is 0. The van der Waals surface area contributed by atoms with E-state index in [4.69, 9.17) is 0 Å². The standard InChI is InChI=1S/C20H20N6O/c27-20(17-5-1-4-16(24-17)15-3-2-7-22-13-15)25-18-14-23-8-6-19(18)26-11-9-21-10-12-26/h1-8,13-14,21H,9-12H2,(H,25,27). The largest absolute Gasteiger partial charge is 0.367 e. The summed E-state index contributed by atoms with van der Waals surface area (Å²) in [6.07, 6.45) is 6.86. The van der Waals surface area contributed by atoms with Crippen LogP contribution in [0.25, 0.3) is 11.3 Å². The van der Waals surface area contributed by atoms with E-state index in [-0.39, 0.29) is 5.91 Å². The van der Waals surface area contributed by atoms with Gasteiger partial charge in [-0.05, 0) is 30.3 Å². The van der Waals surface area contributed by atoms with Crippen LogP contribution in [-0.4, -0.2) is 47.0 Å². The Kier molecular flexibility index (Phi) is 5.02. The highest BCUT2D eigenvalue weighted by atomic mass is 16.1. The van der Waals surface area contributed by atoms with Gasteiger partial charge in [0.2, 0.25) is 0 Å². The van der Waals surface area contributed by atoms with Crippen LogP contribution in [0.4, 0.5) is 11.4 Å². The maximum absolute atomic E-state index is 12.8. The molecule has 0 aliphatic carbocycles. The molecule has 0 saturated carbocycles. The molecule has 0 unspecified atom stereocenters. The minimum Gasteiger partial charge on any atom is -0.367 e. The number of aromatic nitrogens is 3. The minimum absolute atomic E-state index is 0.259. The molecular weight excluding hydrogens is 340 g/mol. The molecule has 0 bridgehead atoms. The number of amides is 1. The Balaban J connectivity index is 1.57. The molecule has 7 nitrogen and oxygen atoms in total. The minimum atomic E-state index is -0.259. The lowest BCUT2D eigenvalue weighted by Gasteiger charge is -2.30. The molecule has 4 heterocycles. The number of nitrogens with zero attached hydrogens (tertiary/aromatic N) is 4. The first-order valence-electron chi connectivity index (χ1n) is 8.90. The normalized spacial score (nSPS) is 14.0. The zero-order chi connectivity index (χ0) is 18.5. The van der Waals surface area contributed by atoms with E-state index >= 15 is 0 Å². The Morgan fingerprint density at radius 1 is 1.00 bits per heavy atom. The highest BCUT2D eigenvalue weighted by Crippen LogP contribution is 2.25. The second-order valence-electron chi connectivity index (χ2n) is 6.23. The Morgan fingerprint density at radius 2 is 1.85 bits per heavy atom. The molecule has 7 heteroatoms. The summed E-state index contributed by atoms with van der Waals surface area (Å²) in [5.74, 6) is -0.259. The molecule has 1 aliphatic rings. The number of hydrogen-bond acceptors (Lipinski definition) is 6. The summed E-state index contributed by atoms with van der Waals surface area (Å²) in [7, 11) is 0. The van der Waals surface area contributed by atoms with Gasteiger partial charge < -0.3 is 15.5 Å². The topological polar surface area (TPSA) is 83.0 Å². The van der Waals surface area contributed by atoms with Gasteiger partial charge in [-0.15, -0.1) is 0 Å². The van der Waals surface area contributed by atoms with Crippen molar-refractivity contribution in [1.29, 1.82) is 0 Å². The van der Waals surface area contributed by atoms with Gasteiger partial charge in [0, 0.05) is 50.3 Å². The van der Waals surface area contributed by atoms with Crippen LogP contribution in [0.3, 0.4) is 0 Å². The average Bonchev–Trinajstić information content (AvgIpc) is 2.75. The van der Waals surface area contributed by atoms with Crippen molar-refractivity contribution in [1.82, 2.24) is 20.3 Å². The van der Waals surface area contributed by atoms with Gasteiger partial charge in [-0.2, -0.15) is 0 Å². The number of pyridine rings is 3. The van der Waals surface area contributed by atoms with E-state index in [1.54, 1.807) is 30.9 Å². The van der Waals surface area contributed by atoms with Gasteiger partial charge >= 0.3 is 0 Å². The molecule has 0 aromatic carbocycles. The molecule has 0 atom stereocenters. The molecule has 3 aromatic rings. The van der Waals surface area contributed by atoms with Crippen molar-refractivity contribution in [3.63, 3.8) is 0 Å². The lowest BCUT2D eigenvalue weighted by Crippen LogP contribution is -2.43. The molecule has 4 rings (SSSR count). The van der Waals surface area contributed by atoms with Crippen LogP contribution in [0.5, 0.6) is 0 Å². The van der Waals surface area contributed by atoms with Gasteiger partial charge in [-0.3, -0.25) is 14.8 Å². The third-order valence-electron chi connectivity index (χ3n) is 4.44. The first kappa shape index (κ1) is 17.1. The van der Waals surface area contributed by atoms with Crippen molar-refractivity contribution in [2.75, 3.05) is 36.4 Å². The zero-order valence-corrected chi connectivity index (χ0v) is 14.8. The van der Waals surface area contributed by atoms with Gasteiger partial charge in [0.05, 0.1) is 23.3 Å². The van der Waals surface area contributed by atoms with Gasteiger partial charge in [-0.25, -0.2) is 4.98 Å². The van der Waals surface area contributed by atoms with Crippen molar-refractivity contribution >= 4 is 17.3 Å². The van der Waals surface area contributed by atoms with E-state index in [1.807, 2.05) is 30.3 Å². The number of carbonyl (C=O) groups excluding carboxylic acids is 1. The fraction of sp³-hybridized carbons (Fsp3) is 0.200. The van der Waals surface area contributed by atoms with Crippen LogP contribution < -0.4 is 15.5 Å². The number of rotatable bonds is 4. The van der Waals surface area contributed by atoms with Crippen LogP contribution in [0.2, 0.25) is 0 Å². The summed E-state index contributed by atoms with van der Waals surface area (Å²) in [6, 6.07) is 11.1. The fourth-order valence-electron chi connectivity index (χ4n) is 3.09. The molecule has 0 spiro atoms. The summed E-state index contributed by atoms with van der Waals surface area (Å²) in [5.41, 5.74) is 3.60. The van der Waals surface area contributed by atoms with E-state index in [0.29, 0.717) is 17.1 Å². The number of nitrogens with one attached hydrogen (secondary N) is 2. The molecule has 3 aromatic heterocycles. The van der Waals surface area contributed by atoms with Crippen molar-refractivity contribution in [3.8, 4) is 11.3 Å². The molecule has 27 heavy (non-hydrogen) atoms.